The van der Waals surface area contributed by atoms with Gasteiger partial charge in [0, 0.05) is 13.1 Å². The quantitative estimate of drug-likeness (QED) is 0.839. The number of nitrogens with zero attached hydrogens (tertiary/aromatic N) is 1. The Balaban J connectivity index is 2.39. The SMILES string of the molecule is CC1CCN(c2c(F)cccc2CN)C1CO. The van der Waals surface area contributed by atoms with Gasteiger partial charge in [0.1, 0.15) is 5.82 Å². The average Bonchev–Trinajstić information content (AvgIpc) is 2.69. The molecule has 0 bridgehead atoms. The van der Waals surface area contributed by atoms with E-state index in [9.17, 15) is 9.50 Å². The third kappa shape index (κ3) is 2.15. The Morgan fingerprint density at radius 2 is 2.29 bits per heavy atom. The molecular formula is C13H19FN2O. The lowest BCUT2D eigenvalue weighted by Crippen LogP contribution is -2.36. The van der Waals surface area contributed by atoms with Gasteiger partial charge in [0.05, 0.1) is 18.3 Å². The standard InChI is InChI=1S/C13H19FN2O/c1-9-5-6-16(12(9)8-17)13-10(7-15)3-2-4-11(13)14/h2-4,9,12,17H,5-8,15H2,1H3. The summed E-state index contributed by atoms with van der Waals surface area (Å²) in [5.74, 6) is 0.130. The van der Waals surface area contributed by atoms with Crippen LogP contribution in [0.25, 0.3) is 0 Å². The maximum Gasteiger partial charge on any atom is 0.146 e. The number of aliphatic hydroxyl groups is 1. The average molecular weight is 238 g/mol. The minimum atomic E-state index is -0.250. The van der Waals surface area contributed by atoms with Gasteiger partial charge in [-0.2, -0.15) is 0 Å². The number of nitrogens with two attached hydrogens (primary N) is 1. The first-order valence-corrected chi connectivity index (χ1v) is 6.04. The van der Waals surface area contributed by atoms with Crippen LogP contribution in [-0.2, 0) is 6.54 Å². The van der Waals surface area contributed by atoms with Crippen molar-refractivity contribution in [3.05, 3.63) is 29.6 Å². The summed E-state index contributed by atoms with van der Waals surface area (Å²) in [7, 11) is 0. The molecule has 1 aromatic carbocycles. The summed E-state index contributed by atoms with van der Waals surface area (Å²) in [4.78, 5) is 1.96. The van der Waals surface area contributed by atoms with Gasteiger partial charge in [-0.05, 0) is 24.0 Å². The topological polar surface area (TPSA) is 49.5 Å². The Hall–Kier alpha value is -1.13. The maximum absolute atomic E-state index is 13.9. The van der Waals surface area contributed by atoms with E-state index in [0.29, 0.717) is 18.2 Å². The Labute approximate surface area is 101 Å². The van der Waals surface area contributed by atoms with Crippen molar-refractivity contribution in [2.24, 2.45) is 11.7 Å². The highest BCUT2D eigenvalue weighted by molar-refractivity contribution is 5.56. The molecule has 1 heterocycles. The summed E-state index contributed by atoms with van der Waals surface area (Å²) in [5, 5.41) is 9.43. The maximum atomic E-state index is 13.9. The van der Waals surface area contributed by atoms with Crippen LogP contribution in [0.1, 0.15) is 18.9 Å². The summed E-state index contributed by atoms with van der Waals surface area (Å²) in [6.45, 7) is 3.24. The Kier molecular flexibility index (Phi) is 3.64. The van der Waals surface area contributed by atoms with Crippen LogP contribution >= 0.6 is 0 Å². The van der Waals surface area contributed by atoms with E-state index in [1.54, 1.807) is 6.07 Å². The fourth-order valence-electron chi connectivity index (χ4n) is 2.61. The first-order chi connectivity index (χ1) is 8.19. The number of halogens is 1. The Morgan fingerprint density at radius 1 is 1.53 bits per heavy atom. The van der Waals surface area contributed by atoms with Crippen LogP contribution in [0.5, 0.6) is 0 Å². The summed E-state index contributed by atoms with van der Waals surface area (Å²) in [5.41, 5.74) is 7.02. The lowest BCUT2D eigenvalue weighted by atomic mass is 10.0. The fraction of sp³-hybridized carbons (Fsp3) is 0.538. The van der Waals surface area contributed by atoms with Crippen molar-refractivity contribution < 1.29 is 9.50 Å². The second-order valence-corrected chi connectivity index (χ2v) is 4.66. The number of hydrogen-bond acceptors (Lipinski definition) is 3. The molecule has 3 N–H and O–H groups in total. The van der Waals surface area contributed by atoms with Crippen molar-refractivity contribution in [3.8, 4) is 0 Å². The Bertz CT molecular complexity index is 397. The third-order valence-corrected chi connectivity index (χ3v) is 3.65. The highest BCUT2D eigenvalue weighted by Crippen LogP contribution is 2.33. The summed E-state index contributed by atoms with van der Waals surface area (Å²) in [6, 6.07) is 4.97. The van der Waals surface area contributed by atoms with Crippen molar-refractivity contribution in [1.29, 1.82) is 0 Å². The minimum Gasteiger partial charge on any atom is -0.394 e. The van der Waals surface area contributed by atoms with Crippen LogP contribution in [0.3, 0.4) is 0 Å². The van der Waals surface area contributed by atoms with Crippen LogP contribution in [0, 0.1) is 11.7 Å². The molecule has 4 heteroatoms. The summed E-state index contributed by atoms with van der Waals surface area (Å²) in [6.07, 6.45) is 0.976. The lowest BCUT2D eigenvalue weighted by molar-refractivity contribution is 0.244. The number of anilines is 1. The predicted octanol–water partition coefficient (Wildman–Crippen LogP) is 1.49. The smallest absolute Gasteiger partial charge is 0.146 e. The van der Waals surface area contributed by atoms with Gasteiger partial charge >= 0.3 is 0 Å². The zero-order chi connectivity index (χ0) is 12.4. The molecule has 2 unspecified atom stereocenters. The number of para-hydroxylation sites is 1. The molecule has 1 saturated heterocycles. The van der Waals surface area contributed by atoms with Crippen molar-refractivity contribution in [3.63, 3.8) is 0 Å². The second-order valence-electron chi connectivity index (χ2n) is 4.66. The molecule has 1 aromatic rings. The monoisotopic (exact) mass is 238 g/mol. The zero-order valence-corrected chi connectivity index (χ0v) is 10.1. The van der Waals surface area contributed by atoms with Crippen LogP contribution in [0.4, 0.5) is 10.1 Å². The van der Waals surface area contributed by atoms with E-state index >= 15 is 0 Å². The number of benzene rings is 1. The molecule has 1 fully saturated rings. The molecule has 0 aliphatic carbocycles. The summed E-state index contributed by atoms with van der Waals surface area (Å²) >= 11 is 0. The number of rotatable bonds is 3. The lowest BCUT2D eigenvalue weighted by Gasteiger charge is -2.29. The van der Waals surface area contributed by atoms with Crippen LogP contribution in [0.15, 0.2) is 18.2 Å². The zero-order valence-electron chi connectivity index (χ0n) is 10.1. The van der Waals surface area contributed by atoms with Crippen LogP contribution < -0.4 is 10.6 Å². The molecule has 0 amide bonds. The van der Waals surface area contributed by atoms with E-state index in [2.05, 4.69) is 6.92 Å². The second kappa shape index (κ2) is 5.02. The van der Waals surface area contributed by atoms with E-state index in [1.165, 1.54) is 6.07 Å². The number of aliphatic hydroxyl groups excluding tert-OH is 1. The summed E-state index contributed by atoms with van der Waals surface area (Å²) < 4.78 is 13.9. The van der Waals surface area contributed by atoms with Gasteiger partial charge in [0.15, 0.2) is 0 Å². The molecule has 1 aliphatic rings. The molecule has 0 spiro atoms. The molecule has 0 aromatic heterocycles. The fourth-order valence-corrected chi connectivity index (χ4v) is 2.61. The van der Waals surface area contributed by atoms with Crippen molar-refractivity contribution in [2.75, 3.05) is 18.1 Å². The van der Waals surface area contributed by atoms with Gasteiger partial charge in [0.2, 0.25) is 0 Å². The van der Waals surface area contributed by atoms with Crippen LogP contribution in [-0.4, -0.2) is 24.3 Å². The van der Waals surface area contributed by atoms with Gasteiger partial charge in [0.25, 0.3) is 0 Å². The van der Waals surface area contributed by atoms with Crippen molar-refractivity contribution in [2.45, 2.75) is 25.9 Å². The molecule has 0 radical (unpaired) electrons. The molecule has 1 aliphatic heterocycles. The molecule has 0 saturated carbocycles. The first-order valence-electron chi connectivity index (χ1n) is 6.04. The van der Waals surface area contributed by atoms with E-state index in [1.807, 2.05) is 11.0 Å². The minimum absolute atomic E-state index is 0.00259. The third-order valence-electron chi connectivity index (χ3n) is 3.65. The van der Waals surface area contributed by atoms with E-state index in [-0.39, 0.29) is 18.5 Å². The molecule has 2 atom stereocenters. The van der Waals surface area contributed by atoms with Gasteiger partial charge in [-0.25, -0.2) is 4.39 Å². The molecule has 94 valence electrons. The highest BCUT2D eigenvalue weighted by Gasteiger charge is 2.32. The highest BCUT2D eigenvalue weighted by atomic mass is 19.1. The van der Waals surface area contributed by atoms with Crippen LogP contribution in [0.2, 0.25) is 0 Å². The van der Waals surface area contributed by atoms with E-state index in [4.69, 9.17) is 5.73 Å². The Morgan fingerprint density at radius 3 is 2.94 bits per heavy atom. The van der Waals surface area contributed by atoms with Gasteiger partial charge in [-0.1, -0.05) is 19.1 Å². The van der Waals surface area contributed by atoms with Gasteiger partial charge < -0.3 is 15.7 Å². The van der Waals surface area contributed by atoms with Crippen molar-refractivity contribution >= 4 is 5.69 Å². The molecule has 2 rings (SSSR count). The van der Waals surface area contributed by atoms with Gasteiger partial charge in [-0.3, -0.25) is 0 Å². The largest absolute Gasteiger partial charge is 0.394 e. The predicted molar refractivity (Wildman–Crippen MR) is 66.3 cm³/mol. The normalized spacial score (nSPS) is 24.4. The van der Waals surface area contributed by atoms with Crippen molar-refractivity contribution in [1.82, 2.24) is 0 Å². The molecule has 17 heavy (non-hydrogen) atoms. The van der Waals surface area contributed by atoms with E-state index < -0.39 is 0 Å². The number of hydrogen-bond donors (Lipinski definition) is 2. The van der Waals surface area contributed by atoms with Gasteiger partial charge in [-0.15, -0.1) is 0 Å². The first kappa shape index (κ1) is 12.3. The molecule has 3 nitrogen and oxygen atoms in total. The van der Waals surface area contributed by atoms with E-state index in [0.717, 1.165) is 18.5 Å². The molecular weight excluding hydrogens is 219 g/mol.